The Bertz CT molecular complexity index is 737. The summed E-state index contributed by atoms with van der Waals surface area (Å²) in [6, 6.07) is 8.34. The summed E-state index contributed by atoms with van der Waals surface area (Å²) in [6.07, 6.45) is 3.26. The van der Waals surface area contributed by atoms with Gasteiger partial charge in [0.05, 0.1) is 24.1 Å². The zero-order valence-electron chi connectivity index (χ0n) is 15.1. The molecule has 4 rings (SSSR count). The third-order valence-corrected chi connectivity index (χ3v) is 7.33. The van der Waals surface area contributed by atoms with Crippen LogP contribution in [0.25, 0.3) is 0 Å². The van der Waals surface area contributed by atoms with Gasteiger partial charge in [0.15, 0.2) is 0 Å². The number of benzene rings is 1. The summed E-state index contributed by atoms with van der Waals surface area (Å²) in [5.74, 6) is 1.83. The summed E-state index contributed by atoms with van der Waals surface area (Å²) in [5.41, 5.74) is -0.0663. The number of nitrogens with one attached hydrogen (secondary N) is 1. The van der Waals surface area contributed by atoms with Crippen molar-refractivity contribution >= 4 is 17.7 Å². The molecule has 3 fully saturated rings. The molecule has 1 saturated heterocycles. The SMILES string of the molecule is N#C[C@@H]1CSCN1C(=O)CNC1C[C@@H]2CC(O)(c3ccc(F)cc3)C[C@@H]2C1. The number of fused-ring (bicyclic) bond motifs is 1. The number of aliphatic hydroxyl groups is 1. The second-order valence-corrected chi connectivity index (χ2v) is 9.02. The van der Waals surface area contributed by atoms with Crippen molar-refractivity contribution in [1.82, 2.24) is 10.2 Å². The van der Waals surface area contributed by atoms with Crippen molar-refractivity contribution in [2.24, 2.45) is 11.8 Å². The van der Waals surface area contributed by atoms with Crippen LogP contribution in [0.4, 0.5) is 4.39 Å². The molecular formula is C20H24FN3O2S. The lowest BCUT2D eigenvalue weighted by Crippen LogP contribution is -2.43. The van der Waals surface area contributed by atoms with Crippen LogP contribution >= 0.6 is 11.8 Å². The van der Waals surface area contributed by atoms with Crippen LogP contribution in [0.1, 0.15) is 31.2 Å². The van der Waals surface area contributed by atoms with Gasteiger partial charge in [-0.2, -0.15) is 5.26 Å². The van der Waals surface area contributed by atoms with Crippen molar-refractivity contribution in [1.29, 1.82) is 5.26 Å². The van der Waals surface area contributed by atoms with Gasteiger partial charge in [-0.1, -0.05) is 12.1 Å². The summed E-state index contributed by atoms with van der Waals surface area (Å²) >= 11 is 1.62. The second kappa shape index (κ2) is 7.42. The van der Waals surface area contributed by atoms with Gasteiger partial charge in [0.25, 0.3) is 0 Å². The van der Waals surface area contributed by atoms with Gasteiger partial charge < -0.3 is 15.3 Å². The smallest absolute Gasteiger partial charge is 0.238 e. The van der Waals surface area contributed by atoms with Crippen molar-refractivity contribution in [3.63, 3.8) is 0 Å². The van der Waals surface area contributed by atoms with Gasteiger partial charge in [-0.05, 0) is 55.2 Å². The normalized spacial score (nSPS) is 35.2. The fourth-order valence-electron chi connectivity index (χ4n) is 4.95. The first kappa shape index (κ1) is 18.7. The number of amides is 1. The minimum Gasteiger partial charge on any atom is -0.385 e. The Morgan fingerprint density at radius 1 is 1.33 bits per heavy atom. The number of carbonyl (C=O) groups is 1. The molecule has 2 saturated carbocycles. The van der Waals surface area contributed by atoms with Gasteiger partial charge in [-0.3, -0.25) is 4.79 Å². The maximum atomic E-state index is 13.1. The van der Waals surface area contributed by atoms with E-state index in [1.165, 1.54) is 12.1 Å². The van der Waals surface area contributed by atoms with Gasteiger partial charge in [0, 0.05) is 11.8 Å². The maximum absolute atomic E-state index is 13.1. The molecule has 1 aliphatic heterocycles. The van der Waals surface area contributed by atoms with E-state index >= 15 is 0 Å². The van der Waals surface area contributed by atoms with Crippen molar-refractivity contribution < 1.29 is 14.3 Å². The Labute approximate surface area is 162 Å². The minimum atomic E-state index is -0.864. The quantitative estimate of drug-likeness (QED) is 0.826. The van der Waals surface area contributed by atoms with Crippen LogP contribution in [0.3, 0.4) is 0 Å². The lowest BCUT2D eigenvalue weighted by molar-refractivity contribution is -0.129. The molecule has 7 heteroatoms. The number of hydrogen-bond donors (Lipinski definition) is 2. The fraction of sp³-hybridized carbons (Fsp3) is 0.600. The van der Waals surface area contributed by atoms with E-state index in [0.717, 1.165) is 18.4 Å². The average molecular weight is 389 g/mol. The number of carbonyl (C=O) groups excluding carboxylic acids is 1. The van der Waals surface area contributed by atoms with Gasteiger partial charge in [-0.15, -0.1) is 11.8 Å². The lowest BCUT2D eigenvalue weighted by atomic mass is 9.89. The summed E-state index contributed by atoms with van der Waals surface area (Å²) in [4.78, 5) is 14.0. The number of nitrogens with zero attached hydrogens (tertiary/aromatic N) is 2. The molecule has 27 heavy (non-hydrogen) atoms. The summed E-state index contributed by atoms with van der Waals surface area (Å²) in [7, 11) is 0. The second-order valence-electron chi connectivity index (χ2n) is 8.02. The predicted molar refractivity (Wildman–Crippen MR) is 101 cm³/mol. The van der Waals surface area contributed by atoms with Crippen LogP contribution in [-0.4, -0.2) is 46.2 Å². The third-order valence-electron chi connectivity index (χ3n) is 6.32. The first-order valence-electron chi connectivity index (χ1n) is 9.47. The first-order chi connectivity index (χ1) is 13.0. The largest absolute Gasteiger partial charge is 0.385 e. The number of hydrogen-bond acceptors (Lipinski definition) is 5. The van der Waals surface area contributed by atoms with Crippen molar-refractivity contribution in [3.8, 4) is 6.07 Å². The van der Waals surface area contributed by atoms with E-state index < -0.39 is 5.60 Å². The highest BCUT2D eigenvalue weighted by molar-refractivity contribution is 7.99. The molecule has 3 aliphatic rings. The molecule has 5 nitrogen and oxygen atoms in total. The molecule has 0 radical (unpaired) electrons. The molecule has 0 spiro atoms. The van der Waals surface area contributed by atoms with Crippen molar-refractivity contribution in [3.05, 3.63) is 35.6 Å². The Morgan fingerprint density at radius 2 is 2.00 bits per heavy atom. The van der Waals surface area contributed by atoms with Crippen LogP contribution in [0.2, 0.25) is 0 Å². The van der Waals surface area contributed by atoms with Gasteiger partial charge in [0.1, 0.15) is 11.9 Å². The van der Waals surface area contributed by atoms with Crippen LogP contribution in [0.5, 0.6) is 0 Å². The summed E-state index contributed by atoms with van der Waals surface area (Å²) in [5, 5.41) is 23.5. The van der Waals surface area contributed by atoms with E-state index in [-0.39, 0.29) is 30.4 Å². The third kappa shape index (κ3) is 3.71. The molecular weight excluding hydrogens is 365 g/mol. The molecule has 144 valence electrons. The first-order valence-corrected chi connectivity index (χ1v) is 10.6. The summed E-state index contributed by atoms with van der Waals surface area (Å²) < 4.78 is 13.1. The molecule has 2 aliphatic carbocycles. The van der Waals surface area contributed by atoms with Gasteiger partial charge in [0.2, 0.25) is 5.91 Å². The maximum Gasteiger partial charge on any atom is 0.238 e. The topological polar surface area (TPSA) is 76.4 Å². The highest BCUT2D eigenvalue weighted by atomic mass is 32.2. The highest BCUT2D eigenvalue weighted by Gasteiger charge is 2.49. The Hall–Kier alpha value is -1.62. The molecule has 1 aromatic rings. The lowest BCUT2D eigenvalue weighted by Gasteiger charge is -2.26. The van der Waals surface area contributed by atoms with Gasteiger partial charge >= 0.3 is 0 Å². The Balaban J connectivity index is 1.29. The van der Waals surface area contributed by atoms with E-state index in [1.54, 1.807) is 28.8 Å². The van der Waals surface area contributed by atoms with Crippen LogP contribution in [0.15, 0.2) is 24.3 Å². The zero-order chi connectivity index (χ0) is 19.0. The fourth-order valence-corrected chi connectivity index (χ4v) is 6.06. The van der Waals surface area contributed by atoms with E-state index in [9.17, 15) is 14.3 Å². The molecule has 1 heterocycles. The molecule has 2 unspecified atom stereocenters. The van der Waals surface area contributed by atoms with E-state index in [4.69, 9.17) is 5.26 Å². The number of nitriles is 1. The Kier molecular flexibility index (Phi) is 5.15. The molecule has 1 amide bonds. The monoisotopic (exact) mass is 389 g/mol. The van der Waals surface area contributed by atoms with E-state index in [1.807, 2.05) is 0 Å². The zero-order valence-corrected chi connectivity index (χ0v) is 15.9. The molecule has 1 aromatic carbocycles. The van der Waals surface area contributed by atoms with Crippen molar-refractivity contribution in [2.45, 2.75) is 43.4 Å². The number of thioether (sulfide) groups is 1. The predicted octanol–water partition coefficient (Wildman–Crippen LogP) is 2.22. The summed E-state index contributed by atoms with van der Waals surface area (Å²) in [6.45, 7) is 0.269. The molecule has 0 aromatic heterocycles. The van der Waals surface area contributed by atoms with Crippen LogP contribution < -0.4 is 5.32 Å². The standard InChI is InChI=1S/C20H24FN3O2S/c21-16-3-1-15(2-4-16)20(26)7-13-5-17(6-14(13)8-20)23-10-19(25)24-12-27-11-18(24)9-22/h1-4,13-14,17-18,23,26H,5-8,10-12H2/t13-,14+,17?,18-,20?/m1/s1. The minimum absolute atomic E-state index is 0.00794. The number of rotatable bonds is 4. The average Bonchev–Trinajstić information content (AvgIpc) is 3.33. The molecule has 0 bridgehead atoms. The number of halogens is 1. The Morgan fingerprint density at radius 3 is 2.63 bits per heavy atom. The van der Waals surface area contributed by atoms with Crippen molar-refractivity contribution in [2.75, 3.05) is 18.2 Å². The highest BCUT2D eigenvalue weighted by Crippen LogP contribution is 2.52. The molecule has 2 N–H and O–H groups in total. The van der Waals surface area contributed by atoms with E-state index in [2.05, 4.69) is 11.4 Å². The van der Waals surface area contributed by atoms with Crippen LogP contribution in [-0.2, 0) is 10.4 Å². The van der Waals surface area contributed by atoms with E-state index in [0.29, 0.717) is 36.3 Å². The molecule has 5 atom stereocenters. The van der Waals surface area contributed by atoms with Gasteiger partial charge in [-0.25, -0.2) is 4.39 Å². The van der Waals surface area contributed by atoms with Crippen LogP contribution in [0, 0.1) is 29.0 Å².